The number of rotatable bonds is 5. The van der Waals surface area contributed by atoms with E-state index in [4.69, 9.17) is 0 Å². The molecule has 0 saturated heterocycles. The van der Waals surface area contributed by atoms with Crippen LogP contribution < -0.4 is 5.32 Å². The molecule has 5 nitrogen and oxygen atoms in total. The first kappa shape index (κ1) is 11.1. The molecule has 2 heterocycles. The number of aryl methyl sites for hydroxylation is 1. The Hall–Kier alpha value is -1.43. The summed E-state index contributed by atoms with van der Waals surface area (Å²) in [6, 6.07) is 1.98. The first-order valence-electron chi connectivity index (χ1n) is 5.34. The standard InChI is InChI=1S/C10H15N5S/c1-3-5-11-10-13-12-9(16-10)7-15-6-4-8(2)14-15/h4,6H,3,5,7H2,1-2H3,(H,11,13). The minimum Gasteiger partial charge on any atom is -0.360 e. The van der Waals surface area contributed by atoms with Crippen LogP contribution in [0, 0.1) is 6.92 Å². The number of anilines is 1. The molecule has 6 heteroatoms. The molecular weight excluding hydrogens is 222 g/mol. The van der Waals surface area contributed by atoms with Crippen LogP contribution in [0.3, 0.4) is 0 Å². The maximum atomic E-state index is 4.31. The minimum absolute atomic E-state index is 0.694. The maximum absolute atomic E-state index is 4.31. The van der Waals surface area contributed by atoms with Crippen molar-refractivity contribution in [3.05, 3.63) is 23.0 Å². The van der Waals surface area contributed by atoms with Gasteiger partial charge < -0.3 is 5.32 Å². The Morgan fingerprint density at radius 2 is 2.31 bits per heavy atom. The summed E-state index contributed by atoms with van der Waals surface area (Å²) in [6.45, 7) is 5.74. The zero-order chi connectivity index (χ0) is 11.4. The van der Waals surface area contributed by atoms with Gasteiger partial charge in [0.2, 0.25) is 5.13 Å². The third-order valence-corrected chi connectivity index (χ3v) is 2.93. The van der Waals surface area contributed by atoms with Gasteiger partial charge in [-0.1, -0.05) is 18.3 Å². The van der Waals surface area contributed by atoms with Crippen LogP contribution in [-0.2, 0) is 6.54 Å². The minimum atomic E-state index is 0.694. The summed E-state index contributed by atoms with van der Waals surface area (Å²) in [5.74, 6) is 0. The van der Waals surface area contributed by atoms with E-state index in [0.29, 0.717) is 6.54 Å². The summed E-state index contributed by atoms with van der Waals surface area (Å²) in [5.41, 5.74) is 1.02. The highest BCUT2D eigenvalue weighted by molar-refractivity contribution is 7.15. The molecule has 0 bridgehead atoms. The normalized spacial score (nSPS) is 10.6. The predicted octanol–water partition coefficient (Wildman–Crippen LogP) is 1.91. The molecule has 16 heavy (non-hydrogen) atoms. The van der Waals surface area contributed by atoms with Crippen LogP contribution in [0.15, 0.2) is 12.3 Å². The summed E-state index contributed by atoms with van der Waals surface area (Å²) in [4.78, 5) is 0. The molecule has 0 atom stereocenters. The van der Waals surface area contributed by atoms with Crippen molar-refractivity contribution in [3.8, 4) is 0 Å². The fraction of sp³-hybridized carbons (Fsp3) is 0.500. The molecule has 0 aliphatic heterocycles. The lowest BCUT2D eigenvalue weighted by molar-refractivity contribution is 0.670. The van der Waals surface area contributed by atoms with Crippen LogP contribution in [0.5, 0.6) is 0 Å². The second kappa shape index (κ2) is 5.07. The number of nitrogens with zero attached hydrogens (tertiary/aromatic N) is 4. The monoisotopic (exact) mass is 237 g/mol. The van der Waals surface area contributed by atoms with Gasteiger partial charge in [0, 0.05) is 12.7 Å². The fourth-order valence-corrected chi connectivity index (χ4v) is 2.07. The molecular formula is C10H15N5S. The van der Waals surface area contributed by atoms with Crippen LogP contribution in [-0.4, -0.2) is 26.5 Å². The first-order chi connectivity index (χ1) is 7.78. The van der Waals surface area contributed by atoms with Gasteiger partial charge in [-0.15, -0.1) is 10.2 Å². The van der Waals surface area contributed by atoms with Gasteiger partial charge in [-0.3, -0.25) is 4.68 Å². The quantitative estimate of drug-likeness (QED) is 0.863. The highest BCUT2D eigenvalue weighted by atomic mass is 32.1. The van der Waals surface area contributed by atoms with Crippen molar-refractivity contribution in [2.24, 2.45) is 0 Å². The summed E-state index contributed by atoms with van der Waals surface area (Å²) in [7, 11) is 0. The van der Waals surface area contributed by atoms with Crippen molar-refractivity contribution < 1.29 is 0 Å². The lowest BCUT2D eigenvalue weighted by Crippen LogP contribution is -1.99. The molecule has 1 N–H and O–H groups in total. The van der Waals surface area contributed by atoms with Crippen molar-refractivity contribution in [1.82, 2.24) is 20.0 Å². The second-order valence-electron chi connectivity index (χ2n) is 3.58. The largest absolute Gasteiger partial charge is 0.360 e. The topological polar surface area (TPSA) is 55.6 Å². The van der Waals surface area contributed by atoms with Gasteiger partial charge in [-0.05, 0) is 19.4 Å². The molecule has 0 aromatic carbocycles. The van der Waals surface area contributed by atoms with Crippen LogP contribution >= 0.6 is 11.3 Å². The predicted molar refractivity (Wildman–Crippen MR) is 64.8 cm³/mol. The van der Waals surface area contributed by atoms with E-state index >= 15 is 0 Å². The van der Waals surface area contributed by atoms with Gasteiger partial charge in [0.15, 0.2) is 0 Å². The summed E-state index contributed by atoms with van der Waals surface area (Å²) in [6.07, 6.45) is 3.04. The zero-order valence-electron chi connectivity index (χ0n) is 9.47. The molecule has 2 aromatic rings. The fourth-order valence-electron chi connectivity index (χ4n) is 1.31. The van der Waals surface area contributed by atoms with Crippen LogP contribution in [0.4, 0.5) is 5.13 Å². The highest BCUT2D eigenvalue weighted by Gasteiger charge is 2.04. The van der Waals surface area contributed by atoms with Gasteiger partial charge in [-0.2, -0.15) is 5.10 Å². The van der Waals surface area contributed by atoms with E-state index in [1.54, 1.807) is 11.3 Å². The molecule has 0 unspecified atom stereocenters. The Morgan fingerprint density at radius 3 is 3.00 bits per heavy atom. The van der Waals surface area contributed by atoms with E-state index in [-0.39, 0.29) is 0 Å². The number of aromatic nitrogens is 4. The summed E-state index contributed by atoms with van der Waals surface area (Å²) >= 11 is 1.58. The summed E-state index contributed by atoms with van der Waals surface area (Å²) < 4.78 is 1.87. The van der Waals surface area contributed by atoms with Crippen LogP contribution in [0.2, 0.25) is 0 Å². The lowest BCUT2D eigenvalue weighted by Gasteiger charge is -1.96. The van der Waals surface area contributed by atoms with Crippen molar-refractivity contribution >= 4 is 16.5 Å². The van der Waals surface area contributed by atoms with E-state index in [2.05, 4.69) is 27.5 Å². The Kier molecular flexibility index (Phi) is 3.51. The zero-order valence-corrected chi connectivity index (χ0v) is 10.3. The van der Waals surface area contributed by atoms with Crippen molar-refractivity contribution in [3.63, 3.8) is 0 Å². The molecule has 0 spiro atoms. The molecule has 0 radical (unpaired) electrons. The van der Waals surface area contributed by atoms with Crippen LogP contribution in [0.25, 0.3) is 0 Å². The van der Waals surface area contributed by atoms with Crippen molar-refractivity contribution in [1.29, 1.82) is 0 Å². The lowest BCUT2D eigenvalue weighted by atomic mass is 10.5. The molecule has 2 aromatic heterocycles. The van der Waals surface area contributed by atoms with Crippen molar-refractivity contribution in [2.75, 3.05) is 11.9 Å². The SMILES string of the molecule is CCCNc1nnc(Cn2ccc(C)n2)s1. The average molecular weight is 237 g/mol. The third-order valence-electron chi connectivity index (χ3n) is 2.06. The van der Waals surface area contributed by atoms with E-state index < -0.39 is 0 Å². The number of hydrogen-bond donors (Lipinski definition) is 1. The van der Waals surface area contributed by atoms with Gasteiger partial charge in [0.1, 0.15) is 5.01 Å². The second-order valence-corrected chi connectivity index (χ2v) is 4.64. The summed E-state index contributed by atoms with van der Waals surface area (Å²) in [5, 5.41) is 17.6. The molecule has 0 aliphatic rings. The van der Waals surface area contributed by atoms with E-state index in [0.717, 1.165) is 28.8 Å². The molecule has 0 fully saturated rings. The van der Waals surface area contributed by atoms with Gasteiger partial charge in [-0.25, -0.2) is 0 Å². The van der Waals surface area contributed by atoms with Gasteiger partial charge >= 0.3 is 0 Å². The maximum Gasteiger partial charge on any atom is 0.205 e. The van der Waals surface area contributed by atoms with E-state index in [9.17, 15) is 0 Å². The number of nitrogens with one attached hydrogen (secondary N) is 1. The van der Waals surface area contributed by atoms with Gasteiger partial charge in [0.05, 0.1) is 12.2 Å². The molecule has 0 aliphatic carbocycles. The molecule has 0 saturated carbocycles. The van der Waals surface area contributed by atoms with Crippen LogP contribution in [0.1, 0.15) is 24.0 Å². The van der Waals surface area contributed by atoms with E-state index in [1.165, 1.54) is 0 Å². The Morgan fingerprint density at radius 1 is 1.44 bits per heavy atom. The smallest absolute Gasteiger partial charge is 0.205 e. The Balaban J connectivity index is 1.97. The molecule has 2 rings (SSSR count). The van der Waals surface area contributed by atoms with Gasteiger partial charge in [0.25, 0.3) is 0 Å². The molecule has 0 amide bonds. The average Bonchev–Trinajstić information content (AvgIpc) is 2.86. The third kappa shape index (κ3) is 2.79. The molecule has 86 valence electrons. The Labute approximate surface area is 98.5 Å². The Bertz CT molecular complexity index is 448. The highest BCUT2D eigenvalue weighted by Crippen LogP contribution is 2.15. The van der Waals surface area contributed by atoms with E-state index in [1.807, 2.05) is 23.9 Å². The first-order valence-corrected chi connectivity index (χ1v) is 6.16. The number of hydrogen-bond acceptors (Lipinski definition) is 5. The van der Waals surface area contributed by atoms with Crippen molar-refractivity contribution in [2.45, 2.75) is 26.8 Å².